The summed E-state index contributed by atoms with van der Waals surface area (Å²) >= 11 is 1.96. The van der Waals surface area contributed by atoms with Crippen molar-refractivity contribution in [2.24, 2.45) is 0 Å². The van der Waals surface area contributed by atoms with E-state index in [2.05, 4.69) is 36.7 Å². The molecule has 20 heavy (non-hydrogen) atoms. The standard InChI is InChI=1S/C18H29NS/c1-15(19-12-6-3-7-13-20-2)17-11-10-16-8-4-5-9-18(16)14-17/h10-11,14-15,19H,3-9,12-13H2,1-2H3. The zero-order chi connectivity index (χ0) is 14.2. The van der Waals surface area contributed by atoms with Crippen LogP contribution in [0, 0.1) is 0 Å². The van der Waals surface area contributed by atoms with Crippen molar-refractivity contribution in [1.82, 2.24) is 5.32 Å². The maximum Gasteiger partial charge on any atom is 0.0291 e. The molecule has 1 atom stereocenters. The van der Waals surface area contributed by atoms with Crippen LogP contribution in [0.2, 0.25) is 0 Å². The summed E-state index contributed by atoms with van der Waals surface area (Å²) in [4.78, 5) is 0. The quantitative estimate of drug-likeness (QED) is 0.694. The van der Waals surface area contributed by atoms with Gasteiger partial charge in [-0.1, -0.05) is 24.6 Å². The van der Waals surface area contributed by atoms with Gasteiger partial charge in [0.2, 0.25) is 0 Å². The van der Waals surface area contributed by atoms with E-state index in [0.717, 1.165) is 6.54 Å². The largest absolute Gasteiger partial charge is 0.310 e. The highest BCUT2D eigenvalue weighted by Crippen LogP contribution is 2.24. The lowest BCUT2D eigenvalue weighted by Crippen LogP contribution is -2.20. The van der Waals surface area contributed by atoms with Gasteiger partial charge in [0.25, 0.3) is 0 Å². The van der Waals surface area contributed by atoms with Crippen LogP contribution in [-0.4, -0.2) is 18.6 Å². The van der Waals surface area contributed by atoms with Gasteiger partial charge in [0.05, 0.1) is 0 Å². The molecule has 0 fully saturated rings. The highest BCUT2D eigenvalue weighted by Gasteiger charge is 2.11. The van der Waals surface area contributed by atoms with Crippen molar-refractivity contribution in [3.05, 3.63) is 34.9 Å². The SMILES string of the molecule is CSCCCCCNC(C)c1ccc2c(c1)CCCC2. The number of aryl methyl sites for hydroxylation is 2. The van der Waals surface area contributed by atoms with E-state index in [-0.39, 0.29) is 0 Å². The number of rotatable bonds is 8. The van der Waals surface area contributed by atoms with Crippen LogP contribution in [0.5, 0.6) is 0 Å². The summed E-state index contributed by atoms with van der Waals surface area (Å²) in [6.45, 7) is 3.44. The van der Waals surface area contributed by atoms with E-state index in [9.17, 15) is 0 Å². The molecule has 2 rings (SSSR count). The van der Waals surface area contributed by atoms with Gasteiger partial charge in [0.1, 0.15) is 0 Å². The number of hydrogen-bond donors (Lipinski definition) is 1. The van der Waals surface area contributed by atoms with Crippen LogP contribution in [0.1, 0.15) is 61.8 Å². The molecule has 0 spiro atoms. The first-order valence-corrected chi connectivity index (χ1v) is 9.54. The fourth-order valence-corrected chi connectivity index (χ4v) is 3.50. The molecule has 1 unspecified atom stereocenters. The van der Waals surface area contributed by atoms with Crippen LogP contribution < -0.4 is 5.32 Å². The Morgan fingerprint density at radius 1 is 1.10 bits per heavy atom. The molecule has 1 aliphatic carbocycles. The summed E-state index contributed by atoms with van der Waals surface area (Å²) in [5.74, 6) is 1.31. The Morgan fingerprint density at radius 3 is 2.70 bits per heavy atom. The van der Waals surface area contributed by atoms with E-state index in [4.69, 9.17) is 0 Å². The minimum Gasteiger partial charge on any atom is -0.310 e. The summed E-state index contributed by atoms with van der Waals surface area (Å²) < 4.78 is 0. The van der Waals surface area contributed by atoms with Crippen molar-refractivity contribution >= 4 is 11.8 Å². The average molecular weight is 292 g/mol. The molecule has 1 aromatic rings. The zero-order valence-corrected chi connectivity index (χ0v) is 13.9. The summed E-state index contributed by atoms with van der Waals surface area (Å²) in [6.07, 6.45) is 11.5. The second-order valence-corrected chi connectivity index (χ2v) is 6.95. The molecule has 1 N–H and O–H groups in total. The Hall–Kier alpha value is -0.470. The highest BCUT2D eigenvalue weighted by molar-refractivity contribution is 7.98. The molecule has 1 aromatic carbocycles. The maximum absolute atomic E-state index is 3.68. The molecule has 0 amide bonds. The smallest absolute Gasteiger partial charge is 0.0291 e. The van der Waals surface area contributed by atoms with Crippen molar-refractivity contribution in [3.8, 4) is 0 Å². The highest BCUT2D eigenvalue weighted by atomic mass is 32.2. The van der Waals surface area contributed by atoms with Gasteiger partial charge in [0, 0.05) is 6.04 Å². The Kier molecular flexibility index (Phi) is 6.95. The van der Waals surface area contributed by atoms with Crippen LogP contribution in [-0.2, 0) is 12.8 Å². The van der Waals surface area contributed by atoms with Gasteiger partial charge in [0.15, 0.2) is 0 Å². The van der Waals surface area contributed by atoms with E-state index in [1.807, 2.05) is 11.8 Å². The molecule has 0 aliphatic heterocycles. The molecule has 0 saturated carbocycles. The van der Waals surface area contributed by atoms with Crippen LogP contribution in [0.3, 0.4) is 0 Å². The lowest BCUT2D eigenvalue weighted by Gasteiger charge is -2.20. The van der Waals surface area contributed by atoms with Crippen molar-refractivity contribution in [2.45, 2.75) is 57.9 Å². The molecular formula is C18H29NS. The molecule has 0 bridgehead atoms. The Bertz CT molecular complexity index is 402. The Morgan fingerprint density at radius 2 is 1.90 bits per heavy atom. The first-order valence-electron chi connectivity index (χ1n) is 8.15. The first kappa shape index (κ1) is 15.9. The molecule has 2 heteroatoms. The Labute approximate surface area is 128 Å². The fraction of sp³-hybridized carbons (Fsp3) is 0.667. The second-order valence-electron chi connectivity index (χ2n) is 5.96. The minimum absolute atomic E-state index is 0.489. The van der Waals surface area contributed by atoms with Crippen LogP contribution in [0.15, 0.2) is 18.2 Å². The van der Waals surface area contributed by atoms with E-state index in [1.54, 1.807) is 11.1 Å². The van der Waals surface area contributed by atoms with Crippen molar-refractivity contribution in [3.63, 3.8) is 0 Å². The third-order valence-corrected chi connectivity index (χ3v) is 5.05. The predicted octanol–water partition coefficient (Wildman–Crippen LogP) is 4.75. The van der Waals surface area contributed by atoms with E-state index < -0.39 is 0 Å². The maximum atomic E-state index is 3.68. The van der Waals surface area contributed by atoms with Gasteiger partial charge in [-0.2, -0.15) is 11.8 Å². The minimum atomic E-state index is 0.489. The van der Waals surface area contributed by atoms with Crippen LogP contribution in [0.25, 0.3) is 0 Å². The van der Waals surface area contributed by atoms with Gasteiger partial charge >= 0.3 is 0 Å². The molecular weight excluding hydrogens is 262 g/mol. The topological polar surface area (TPSA) is 12.0 Å². The van der Waals surface area contributed by atoms with Gasteiger partial charge < -0.3 is 5.32 Å². The molecule has 1 nitrogen and oxygen atoms in total. The number of hydrogen-bond acceptors (Lipinski definition) is 2. The number of thioether (sulfide) groups is 1. The lowest BCUT2D eigenvalue weighted by atomic mass is 9.89. The molecule has 0 saturated heterocycles. The lowest BCUT2D eigenvalue weighted by molar-refractivity contribution is 0.543. The van der Waals surface area contributed by atoms with E-state index in [1.165, 1.54) is 56.3 Å². The molecule has 0 radical (unpaired) electrons. The van der Waals surface area contributed by atoms with Crippen molar-refractivity contribution in [1.29, 1.82) is 0 Å². The molecule has 112 valence electrons. The predicted molar refractivity (Wildman–Crippen MR) is 91.7 cm³/mol. The number of nitrogens with one attached hydrogen (secondary N) is 1. The van der Waals surface area contributed by atoms with Crippen molar-refractivity contribution in [2.75, 3.05) is 18.6 Å². The number of benzene rings is 1. The first-order chi connectivity index (χ1) is 9.81. The number of unbranched alkanes of at least 4 members (excludes halogenated alkanes) is 2. The summed E-state index contributed by atoms with van der Waals surface area (Å²) in [5.41, 5.74) is 4.65. The normalized spacial score (nSPS) is 15.9. The molecule has 0 heterocycles. The van der Waals surface area contributed by atoms with E-state index >= 15 is 0 Å². The number of fused-ring (bicyclic) bond motifs is 1. The third kappa shape index (κ3) is 4.82. The third-order valence-electron chi connectivity index (χ3n) is 4.35. The average Bonchev–Trinajstić information content (AvgIpc) is 2.50. The van der Waals surface area contributed by atoms with Gasteiger partial charge in [-0.05, 0) is 80.7 Å². The summed E-state index contributed by atoms with van der Waals surface area (Å²) in [6, 6.07) is 7.62. The summed E-state index contributed by atoms with van der Waals surface area (Å²) in [5, 5.41) is 3.68. The fourth-order valence-electron chi connectivity index (χ4n) is 3.01. The van der Waals surface area contributed by atoms with Gasteiger partial charge in [-0.15, -0.1) is 0 Å². The second kappa shape index (κ2) is 8.74. The Balaban J connectivity index is 1.76. The zero-order valence-electron chi connectivity index (χ0n) is 13.1. The van der Waals surface area contributed by atoms with E-state index in [0.29, 0.717) is 6.04 Å². The van der Waals surface area contributed by atoms with Crippen LogP contribution >= 0.6 is 11.8 Å². The van der Waals surface area contributed by atoms with Gasteiger partial charge in [-0.3, -0.25) is 0 Å². The van der Waals surface area contributed by atoms with Crippen molar-refractivity contribution < 1.29 is 0 Å². The van der Waals surface area contributed by atoms with Gasteiger partial charge in [-0.25, -0.2) is 0 Å². The molecule has 0 aromatic heterocycles. The van der Waals surface area contributed by atoms with Crippen LogP contribution in [0.4, 0.5) is 0 Å². The molecule has 1 aliphatic rings. The summed E-state index contributed by atoms with van der Waals surface area (Å²) in [7, 11) is 0. The monoisotopic (exact) mass is 291 g/mol.